The summed E-state index contributed by atoms with van der Waals surface area (Å²) in [4.78, 5) is 25.2. The molecule has 1 aromatic carbocycles. The maximum Gasteiger partial charge on any atom is 0.303 e. The fourth-order valence-electron chi connectivity index (χ4n) is 2.88. The largest absolute Gasteiger partial charge is 0.493 e. The zero-order valence-corrected chi connectivity index (χ0v) is 14.1. The fourth-order valence-corrected chi connectivity index (χ4v) is 2.88. The number of carboxylic acid groups (broad SMARTS) is 1. The summed E-state index contributed by atoms with van der Waals surface area (Å²) in [6.45, 7) is 2.40. The summed E-state index contributed by atoms with van der Waals surface area (Å²) in [6, 6.07) is 7.20. The molecule has 1 heterocycles. The SMILES string of the molecule is COCCCOc1cccc(C(=O)N2CCC(CC(=O)O)CC2)c1. The molecule has 0 atom stereocenters. The molecule has 0 bridgehead atoms. The van der Waals surface area contributed by atoms with Crippen LogP contribution in [0.3, 0.4) is 0 Å². The van der Waals surface area contributed by atoms with E-state index in [1.54, 1.807) is 24.1 Å². The molecule has 132 valence electrons. The normalized spacial score (nSPS) is 15.3. The van der Waals surface area contributed by atoms with Gasteiger partial charge in [0.05, 0.1) is 6.61 Å². The average Bonchev–Trinajstić information content (AvgIpc) is 2.58. The monoisotopic (exact) mass is 335 g/mol. The van der Waals surface area contributed by atoms with E-state index in [4.69, 9.17) is 14.6 Å². The Balaban J connectivity index is 1.87. The number of methoxy groups -OCH3 is 1. The Bertz CT molecular complexity index is 552. The second-order valence-electron chi connectivity index (χ2n) is 6.06. The van der Waals surface area contributed by atoms with Crippen LogP contribution in [0.5, 0.6) is 5.75 Å². The number of aliphatic carboxylic acids is 1. The second kappa shape index (κ2) is 9.27. The van der Waals surface area contributed by atoms with Gasteiger partial charge in [-0.1, -0.05) is 6.07 Å². The standard InChI is InChI=1S/C18H25NO5/c1-23-10-3-11-24-16-5-2-4-15(13-16)18(22)19-8-6-14(7-9-19)12-17(20)21/h2,4-5,13-14H,3,6-12H2,1H3,(H,20,21). The van der Waals surface area contributed by atoms with Crippen LogP contribution in [-0.4, -0.2) is 55.3 Å². The van der Waals surface area contributed by atoms with Gasteiger partial charge in [0, 0.05) is 45.2 Å². The van der Waals surface area contributed by atoms with Crippen molar-refractivity contribution in [1.29, 1.82) is 0 Å². The van der Waals surface area contributed by atoms with Gasteiger partial charge in [-0.15, -0.1) is 0 Å². The molecule has 1 aliphatic heterocycles. The van der Waals surface area contributed by atoms with Crippen LogP contribution in [-0.2, 0) is 9.53 Å². The zero-order chi connectivity index (χ0) is 17.4. The molecule has 1 aromatic rings. The van der Waals surface area contributed by atoms with E-state index in [2.05, 4.69) is 0 Å². The number of nitrogens with zero attached hydrogens (tertiary/aromatic N) is 1. The number of carbonyl (C=O) groups is 2. The van der Waals surface area contributed by atoms with Gasteiger partial charge in [0.25, 0.3) is 5.91 Å². The first-order valence-corrected chi connectivity index (χ1v) is 8.33. The Labute approximate surface area is 142 Å². The van der Waals surface area contributed by atoms with E-state index in [0.717, 1.165) is 19.3 Å². The number of amides is 1. The third-order valence-electron chi connectivity index (χ3n) is 4.21. The van der Waals surface area contributed by atoms with E-state index < -0.39 is 5.97 Å². The molecule has 1 fully saturated rings. The molecule has 1 N–H and O–H groups in total. The average molecular weight is 335 g/mol. The van der Waals surface area contributed by atoms with Crippen LogP contribution in [0.4, 0.5) is 0 Å². The Hall–Kier alpha value is -2.08. The predicted molar refractivity (Wildman–Crippen MR) is 89.3 cm³/mol. The number of benzene rings is 1. The van der Waals surface area contributed by atoms with Crippen molar-refractivity contribution in [2.24, 2.45) is 5.92 Å². The van der Waals surface area contributed by atoms with Crippen LogP contribution in [0.25, 0.3) is 0 Å². The number of likely N-dealkylation sites (tertiary alicyclic amines) is 1. The minimum atomic E-state index is -0.766. The molecule has 1 amide bonds. The van der Waals surface area contributed by atoms with Crippen molar-refractivity contribution < 1.29 is 24.2 Å². The van der Waals surface area contributed by atoms with Gasteiger partial charge in [-0.05, 0) is 37.0 Å². The van der Waals surface area contributed by atoms with Crippen molar-refractivity contribution in [3.8, 4) is 5.75 Å². The summed E-state index contributed by atoms with van der Waals surface area (Å²) in [5.41, 5.74) is 0.607. The van der Waals surface area contributed by atoms with Crippen molar-refractivity contribution >= 4 is 11.9 Å². The fraction of sp³-hybridized carbons (Fsp3) is 0.556. The van der Waals surface area contributed by atoms with Crippen LogP contribution in [0, 0.1) is 5.92 Å². The molecule has 2 rings (SSSR count). The van der Waals surface area contributed by atoms with E-state index >= 15 is 0 Å². The van der Waals surface area contributed by atoms with E-state index in [9.17, 15) is 9.59 Å². The maximum atomic E-state index is 12.6. The molecule has 0 unspecified atom stereocenters. The molecule has 0 saturated carbocycles. The minimum absolute atomic E-state index is 0.0221. The number of hydrogen-bond acceptors (Lipinski definition) is 4. The molecule has 0 radical (unpaired) electrons. The molecule has 24 heavy (non-hydrogen) atoms. The summed E-state index contributed by atoms with van der Waals surface area (Å²) in [7, 11) is 1.65. The van der Waals surface area contributed by atoms with Crippen LogP contribution < -0.4 is 4.74 Å². The molecular formula is C18H25NO5. The topological polar surface area (TPSA) is 76.1 Å². The molecule has 6 nitrogen and oxygen atoms in total. The van der Waals surface area contributed by atoms with Crippen molar-refractivity contribution in [3.63, 3.8) is 0 Å². The predicted octanol–water partition coefficient (Wildman–Crippen LogP) is 2.43. The van der Waals surface area contributed by atoms with Crippen molar-refractivity contribution in [3.05, 3.63) is 29.8 Å². The van der Waals surface area contributed by atoms with Crippen molar-refractivity contribution in [1.82, 2.24) is 4.90 Å². The van der Waals surface area contributed by atoms with Crippen LogP contribution in [0.1, 0.15) is 36.0 Å². The lowest BCUT2D eigenvalue weighted by Crippen LogP contribution is -2.38. The summed E-state index contributed by atoms with van der Waals surface area (Å²) in [5.74, 6) is 0.0592. The molecule has 0 spiro atoms. The Morgan fingerprint density at radius 2 is 2.00 bits per heavy atom. The van der Waals surface area contributed by atoms with Gasteiger partial charge >= 0.3 is 5.97 Å². The van der Waals surface area contributed by atoms with Gasteiger partial charge in [-0.3, -0.25) is 9.59 Å². The number of rotatable bonds is 8. The Morgan fingerprint density at radius 3 is 2.67 bits per heavy atom. The summed E-state index contributed by atoms with van der Waals surface area (Å²) in [6.07, 6.45) is 2.47. The second-order valence-corrected chi connectivity index (χ2v) is 6.06. The first-order valence-electron chi connectivity index (χ1n) is 8.33. The minimum Gasteiger partial charge on any atom is -0.493 e. The van der Waals surface area contributed by atoms with Gasteiger partial charge < -0.3 is 19.5 Å². The maximum absolute atomic E-state index is 12.6. The van der Waals surface area contributed by atoms with Crippen molar-refractivity contribution in [2.45, 2.75) is 25.7 Å². The van der Waals surface area contributed by atoms with Gasteiger partial charge in [-0.25, -0.2) is 0 Å². The van der Waals surface area contributed by atoms with Gasteiger partial charge in [-0.2, -0.15) is 0 Å². The molecule has 0 aromatic heterocycles. The molecule has 0 aliphatic carbocycles. The molecule has 1 saturated heterocycles. The third-order valence-corrected chi connectivity index (χ3v) is 4.21. The summed E-state index contributed by atoms with van der Waals surface area (Å²) < 4.78 is 10.6. The van der Waals surface area contributed by atoms with Crippen molar-refractivity contribution in [2.75, 3.05) is 33.4 Å². The first kappa shape index (κ1) is 18.3. The number of carbonyl (C=O) groups excluding carboxylic acids is 1. The quantitative estimate of drug-likeness (QED) is 0.739. The smallest absolute Gasteiger partial charge is 0.303 e. The number of hydrogen-bond donors (Lipinski definition) is 1. The first-order chi connectivity index (χ1) is 11.6. The summed E-state index contributed by atoms with van der Waals surface area (Å²) >= 11 is 0. The third kappa shape index (κ3) is 5.53. The van der Waals surface area contributed by atoms with E-state index in [1.165, 1.54) is 0 Å². The van der Waals surface area contributed by atoms with Gasteiger partial charge in [0.15, 0.2) is 0 Å². The van der Waals surface area contributed by atoms with Crippen LogP contribution in [0.2, 0.25) is 0 Å². The highest BCUT2D eigenvalue weighted by atomic mass is 16.5. The lowest BCUT2D eigenvalue weighted by molar-refractivity contribution is -0.138. The number of ether oxygens (including phenoxy) is 2. The van der Waals surface area contributed by atoms with Crippen LogP contribution >= 0.6 is 0 Å². The lowest BCUT2D eigenvalue weighted by atomic mass is 9.93. The Morgan fingerprint density at radius 1 is 1.25 bits per heavy atom. The van der Waals surface area contributed by atoms with Gasteiger partial charge in [0.2, 0.25) is 0 Å². The highest BCUT2D eigenvalue weighted by Crippen LogP contribution is 2.23. The lowest BCUT2D eigenvalue weighted by Gasteiger charge is -2.31. The van der Waals surface area contributed by atoms with E-state index in [1.807, 2.05) is 12.1 Å². The number of piperidine rings is 1. The van der Waals surface area contributed by atoms with Gasteiger partial charge in [0.1, 0.15) is 5.75 Å². The van der Waals surface area contributed by atoms with E-state index in [0.29, 0.717) is 37.6 Å². The van der Waals surface area contributed by atoms with Crippen LogP contribution in [0.15, 0.2) is 24.3 Å². The number of carboxylic acids is 1. The highest BCUT2D eigenvalue weighted by Gasteiger charge is 2.25. The molecule has 1 aliphatic rings. The van der Waals surface area contributed by atoms with E-state index in [-0.39, 0.29) is 18.2 Å². The zero-order valence-electron chi connectivity index (χ0n) is 14.1. The highest BCUT2D eigenvalue weighted by molar-refractivity contribution is 5.94. The molecular weight excluding hydrogens is 310 g/mol. The molecule has 6 heteroatoms. The Kier molecular flexibility index (Phi) is 7.06. The summed E-state index contributed by atoms with van der Waals surface area (Å²) in [5, 5.41) is 8.85.